The first kappa shape index (κ1) is 16.2. The number of halogens is 2. The van der Waals surface area contributed by atoms with Gasteiger partial charge in [0.05, 0.1) is 0 Å². The van der Waals surface area contributed by atoms with Gasteiger partial charge in [-0.3, -0.25) is 4.79 Å². The Kier molecular flexibility index (Phi) is 5.10. The van der Waals surface area contributed by atoms with E-state index in [1.165, 1.54) is 11.8 Å². The summed E-state index contributed by atoms with van der Waals surface area (Å²) in [4.78, 5) is 16.3. The number of nitrogens with zero attached hydrogens (tertiary/aromatic N) is 1. The lowest BCUT2D eigenvalue weighted by molar-refractivity contribution is -0.115. The predicted octanol–water partition coefficient (Wildman–Crippen LogP) is 5.26. The van der Waals surface area contributed by atoms with Crippen LogP contribution in [0, 0.1) is 0 Å². The van der Waals surface area contributed by atoms with Crippen LogP contribution in [0.2, 0.25) is 10.0 Å². The number of aromatic nitrogens is 1. The lowest BCUT2D eigenvalue weighted by Crippen LogP contribution is -2.12. The molecule has 0 spiro atoms. The maximum atomic E-state index is 11.9. The number of benzene rings is 2. The number of hydrogen-bond acceptors (Lipinski definition) is 4. The van der Waals surface area contributed by atoms with E-state index in [1.807, 2.05) is 24.3 Å². The maximum Gasteiger partial charge on any atom is 0.256 e. The Hall–Kier alpha value is -1.69. The molecule has 1 aromatic heterocycles. The fourth-order valence-electron chi connectivity index (χ4n) is 1.99. The second-order valence-electron chi connectivity index (χ2n) is 4.75. The minimum Gasteiger partial charge on any atom is -0.431 e. The van der Waals surface area contributed by atoms with E-state index in [1.54, 1.807) is 18.2 Å². The Bertz CT molecular complexity index is 798. The molecule has 3 rings (SSSR count). The van der Waals surface area contributed by atoms with E-state index < -0.39 is 0 Å². The highest BCUT2D eigenvalue weighted by molar-refractivity contribution is 7.99. The number of para-hydroxylation sites is 2. The quantitative estimate of drug-likeness (QED) is 0.626. The van der Waals surface area contributed by atoms with Crippen molar-refractivity contribution in [1.82, 2.24) is 4.98 Å². The summed E-state index contributed by atoms with van der Waals surface area (Å²) in [7, 11) is 0. The summed E-state index contributed by atoms with van der Waals surface area (Å²) in [6.07, 6.45) is 0.327. The monoisotopic (exact) mass is 366 g/mol. The molecule has 0 aliphatic rings. The molecule has 0 bridgehead atoms. The number of anilines is 1. The Morgan fingerprint density at radius 1 is 1.17 bits per heavy atom. The van der Waals surface area contributed by atoms with Gasteiger partial charge in [0, 0.05) is 27.9 Å². The van der Waals surface area contributed by atoms with E-state index in [4.69, 9.17) is 27.6 Å². The smallest absolute Gasteiger partial charge is 0.256 e. The number of rotatable bonds is 5. The van der Waals surface area contributed by atoms with Crippen LogP contribution in [0.15, 0.2) is 52.1 Å². The van der Waals surface area contributed by atoms with Crippen LogP contribution in [0.4, 0.5) is 5.69 Å². The van der Waals surface area contributed by atoms with Gasteiger partial charge in [-0.2, -0.15) is 0 Å². The van der Waals surface area contributed by atoms with Crippen LogP contribution in [-0.2, 0) is 4.79 Å². The largest absolute Gasteiger partial charge is 0.431 e. The molecule has 0 aliphatic heterocycles. The van der Waals surface area contributed by atoms with Gasteiger partial charge in [0.25, 0.3) is 5.22 Å². The molecular weight excluding hydrogens is 355 g/mol. The highest BCUT2D eigenvalue weighted by Crippen LogP contribution is 2.25. The average Bonchev–Trinajstić information content (AvgIpc) is 2.88. The number of nitrogens with one attached hydrogen (secondary N) is 1. The molecular formula is C16H12Cl2N2O2S. The molecule has 0 unspecified atom stereocenters. The molecule has 4 nitrogen and oxygen atoms in total. The van der Waals surface area contributed by atoms with Crippen LogP contribution < -0.4 is 5.32 Å². The number of hydrogen-bond donors (Lipinski definition) is 1. The molecule has 0 saturated heterocycles. The summed E-state index contributed by atoms with van der Waals surface area (Å²) in [5.41, 5.74) is 2.14. The second-order valence-corrected chi connectivity index (χ2v) is 6.67. The first-order chi connectivity index (χ1) is 11.1. The first-order valence-electron chi connectivity index (χ1n) is 6.84. The highest BCUT2D eigenvalue weighted by atomic mass is 35.5. The Morgan fingerprint density at radius 3 is 2.65 bits per heavy atom. The fourth-order valence-corrected chi connectivity index (χ4v) is 3.29. The van der Waals surface area contributed by atoms with Crippen LogP contribution in [0.25, 0.3) is 11.1 Å². The standard InChI is InChI=1S/C16H12Cl2N2O2S/c17-10-7-11(18)9-12(8-10)19-15(21)5-6-23-16-20-13-3-1-2-4-14(13)22-16/h1-4,7-9H,5-6H2,(H,19,21). The number of amides is 1. The van der Waals surface area contributed by atoms with Crippen LogP contribution in [0.1, 0.15) is 6.42 Å². The Morgan fingerprint density at radius 2 is 1.91 bits per heavy atom. The molecule has 0 atom stereocenters. The van der Waals surface area contributed by atoms with E-state index in [-0.39, 0.29) is 5.91 Å². The third kappa shape index (κ3) is 4.41. The van der Waals surface area contributed by atoms with Crippen molar-refractivity contribution in [2.45, 2.75) is 11.6 Å². The van der Waals surface area contributed by atoms with Gasteiger partial charge in [-0.15, -0.1) is 0 Å². The molecule has 2 aromatic carbocycles. The van der Waals surface area contributed by atoms with Gasteiger partial charge in [-0.05, 0) is 30.3 Å². The van der Waals surface area contributed by atoms with Crippen molar-refractivity contribution >= 4 is 57.7 Å². The maximum absolute atomic E-state index is 11.9. The van der Waals surface area contributed by atoms with Crippen molar-refractivity contribution in [2.24, 2.45) is 0 Å². The summed E-state index contributed by atoms with van der Waals surface area (Å²) in [6.45, 7) is 0. The second kappa shape index (κ2) is 7.25. The van der Waals surface area contributed by atoms with Crippen LogP contribution in [0.5, 0.6) is 0 Å². The Balaban J connectivity index is 1.52. The minimum atomic E-state index is -0.119. The Labute approximate surface area is 147 Å². The third-order valence-corrected chi connectivity index (χ3v) is 4.24. The van der Waals surface area contributed by atoms with Crippen molar-refractivity contribution in [3.05, 3.63) is 52.5 Å². The van der Waals surface area contributed by atoms with Gasteiger partial charge < -0.3 is 9.73 Å². The molecule has 3 aromatic rings. The molecule has 7 heteroatoms. The van der Waals surface area contributed by atoms with Crippen molar-refractivity contribution in [3.8, 4) is 0 Å². The zero-order valence-corrected chi connectivity index (χ0v) is 14.2. The average molecular weight is 367 g/mol. The zero-order chi connectivity index (χ0) is 16.2. The molecule has 0 fully saturated rings. The normalized spacial score (nSPS) is 10.9. The van der Waals surface area contributed by atoms with Crippen LogP contribution >= 0.6 is 35.0 Å². The highest BCUT2D eigenvalue weighted by Gasteiger charge is 2.08. The van der Waals surface area contributed by atoms with Gasteiger partial charge >= 0.3 is 0 Å². The minimum absolute atomic E-state index is 0.119. The van der Waals surface area contributed by atoms with E-state index in [9.17, 15) is 4.79 Å². The molecule has 23 heavy (non-hydrogen) atoms. The lowest BCUT2D eigenvalue weighted by atomic mass is 10.3. The zero-order valence-electron chi connectivity index (χ0n) is 11.9. The fraction of sp³-hybridized carbons (Fsp3) is 0.125. The van der Waals surface area contributed by atoms with Crippen molar-refractivity contribution in [3.63, 3.8) is 0 Å². The molecule has 1 heterocycles. The van der Waals surface area contributed by atoms with Crippen molar-refractivity contribution in [2.75, 3.05) is 11.1 Å². The van der Waals surface area contributed by atoms with Crippen LogP contribution in [0.3, 0.4) is 0 Å². The third-order valence-electron chi connectivity index (χ3n) is 2.98. The summed E-state index contributed by atoms with van der Waals surface area (Å²) >= 11 is 13.2. The summed E-state index contributed by atoms with van der Waals surface area (Å²) < 4.78 is 5.58. The van der Waals surface area contributed by atoms with Gasteiger partial charge in [0.15, 0.2) is 5.58 Å². The number of fused-ring (bicyclic) bond motifs is 1. The van der Waals surface area contributed by atoms with Crippen molar-refractivity contribution < 1.29 is 9.21 Å². The van der Waals surface area contributed by atoms with Gasteiger partial charge in [0.1, 0.15) is 5.52 Å². The molecule has 0 aliphatic carbocycles. The molecule has 1 N–H and O–H groups in total. The predicted molar refractivity (Wildman–Crippen MR) is 94.4 cm³/mol. The van der Waals surface area contributed by atoms with Crippen molar-refractivity contribution in [1.29, 1.82) is 0 Å². The molecule has 0 saturated carbocycles. The summed E-state index contributed by atoms with van der Waals surface area (Å²) in [6, 6.07) is 12.5. The molecule has 118 valence electrons. The van der Waals surface area contributed by atoms with Gasteiger partial charge in [0.2, 0.25) is 5.91 Å². The number of carbonyl (C=O) groups excluding carboxylic acids is 1. The topological polar surface area (TPSA) is 55.1 Å². The first-order valence-corrected chi connectivity index (χ1v) is 8.58. The van der Waals surface area contributed by atoms with E-state index in [0.29, 0.717) is 33.1 Å². The molecule has 0 radical (unpaired) electrons. The summed E-state index contributed by atoms with van der Waals surface area (Å²) in [5, 5.41) is 4.28. The van der Waals surface area contributed by atoms with Crippen LogP contribution in [-0.4, -0.2) is 16.6 Å². The van der Waals surface area contributed by atoms with Gasteiger partial charge in [-0.1, -0.05) is 47.1 Å². The molecule has 1 amide bonds. The van der Waals surface area contributed by atoms with Gasteiger partial charge in [-0.25, -0.2) is 4.98 Å². The number of carbonyl (C=O) groups is 1. The van der Waals surface area contributed by atoms with E-state index in [2.05, 4.69) is 10.3 Å². The summed E-state index contributed by atoms with van der Waals surface area (Å²) in [5.74, 6) is 0.444. The lowest BCUT2D eigenvalue weighted by Gasteiger charge is -2.05. The van der Waals surface area contributed by atoms with E-state index in [0.717, 1.165) is 11.1 Å². The van der Waals surface area contributed by atoms with E-state index >= 15 is 0 Å². The number of thioether (sulfide) groups is 1. The SMILES string of the molecule is O=C(CCSc1nc2ccccc2o1)Nc1cc(Cl)cc(Cl)c1. The number of oxazole rings is 1.